The first-order chi connectivity index (χ1) is 15.6. The molecule has 0 spiro atoms. The molecule has 0 radical (unpaired) electrons. The van der Waals surface area contributed by atoms with Gasteiger partial charge in [-0.3, -0.25) is 14.6 Å². The van der Waals surface area contributed by atoms with Crippen molar-refractivity contribution in [3.05, 3.63) is 97.0 Å². The molecule has 32 heavy (non-hydrogen) atoms. The second-order valence-electron chi connectivity index (χ2n) is 7.04. The van der Waals surface area contributed by atoms with Gasteiger partial charge in [-0.05, 0) is 54.6 Å². The van der Waals surface area contributed by atoms with Crippen LogP contribution in [0, 0.1) is 0 Å². The van der Waals surface area contributed by atoms with E-state index in [1.165, 1.54) is 13.0 Å². The number of amides is 2. The summed E-state index contributed by atoms with van der Waals surface area (Å²) in [4.78, 5) is 27.8. The van der Waals surface area contributed by atoms with Crippen LogP contribution < -0.4 is 10.6 Å². The molecule has 0 aliphatic carbocycles. The van der Waals surface area contributed by atoms with Crippen LogP contribution in [0.2, 0.25) is 0 Å². The first-order valence-electron chi connectivity index (χ1n) is 10.0. The number of para-hydroxylation sites is 1. The Hall–Kier alpha value is -4.52. The molecular weight excluding hydrogens is 402 g/mol. The summed E-state index contributed by atoms with van der Waals surface area (Å²) in [6, 6.07) is 20.5. The zero-order valence-electron chi connectivity index (χ0n) is 17.4. The maximum absolute atomic E-state index is 12.5. The van der Waals surface area contributed by atoms with Gasteiger partial charge in [0, 0.05) is 54.1 Å². The van der Waals surface area contributed by atoms with Crippen LogP contribution in [0.4, 0.5) is 11.4 Å². The van der Waals surface area contributed by atoms with Crippen LogP contribution in [-0.2, 0) is 9.59 Å². The van der Waals surface area contributed by atoms with E-state index in [2.05, 4.69) is 15.6 Å². The molecule has 7 nitrogen and oxygen atoms in total. The highest BCUT2D eigenvalue weighted by Gasteiger charge is 2.11. The van der Waals surface area contributed by atoms with Gasteiger partial charge >= 0.3 is 0 Å². The van der Waals surface area contributed by atoms with Crippen molar-refractivity contribution in [1.82, 2.24) is 14.8 Å². The van der Waals surface area contributed by atoms with Crippen molar-refractivity contribution in [3.63, 3.8) is 0 Å². The molecule has 0 fully saturated rings. The average molecular weight is 423 g/mol. The van der Waals surface area contributed by atoms with Crippen molar-refractivity contribution >= 4 is 29.3 Å². The number of carbonyl (C=O) groups is 2. The fourth-order valence-corrected chi connectivity index (χ4v) is 3.14. The van der Waals surface area contributed by atoms with Crippen LogP contribution >= 0.6 is 0 Å². The van der Waals surface area contributed by atoms with Crippen LogP contribution in [0.5, 0.6) is 0 Å². The molecule has 2 N–H and O–H groups in total. The molecule has 2 aromatic carbocycles. The Morgan fingerprint density at radius 1 is 0.906 bits per heavy atom. The maximum atomic E-state index is 12.5. The van der Waals surface area contributed by atoms with Gasteiger partial charge in [-0.25, -0.2) is 4.68 Å². The number of nitrogens with one attached hydrogen (secondary N) is 2. The van der Waals surface area contributed by atoms with Crippen LogP contribution in [0.15, 0.2) is 91.4 Å². The molecule has 158 valence electrons. The van der Waals surface area contributed by atoms with E-state index in [9.17, 15) is 9.59 Å². The van der Waals surface area contributed by atoms with Crippen molar-refractivity contribution in [3.8, 4) is 16.9 Å². The SMILES string of the molecule is CC(=O)Nc1ccc(NC(=O)/C=C/c2cn(-c3ccccc3)nc2-c2cccnc2)cc1. The number of anilines is 2. The van der Waals surface area contributed by atoms with E-state index in [4.69, 9.17) is 5.10 Å². The van der Waals surface area contributed by atoms with Gasteiger partial charge in [0.2, 0.25) is 11.8 Å². The Bertz CT molecular complexity index is 1250. The molecule has 0 aliphatic rings. The summed E-state index contributed by atoms with van der Waals surface area (Å²) < 4.78 is 1.78. The van der Waals surface area contributed by atoms with Gasteiger partial charge in [0.1, 0.15) is 5.69 Å². The second-order valence-corrected chi connectivity index (χ2v) is 7.04. The van der Waals surface area contributed by atoms with Crippen LogP contribution in [0.1, 0.15) is 12.5 Å². The predicted molar refractivity (Wildman–Crippen MR) is 125 cm³/mol. The third-order valence-corrected chi connectivity index (χ3v) is 4.59. The molecule has 0 unspecified atom stereocenters. The molecule has 0 atom stereocenters. The standard InChI is InChI=1S/C25H21N5O2/c1-18(31)27-21-10-12-22(13-11-21)28-24(32)14-9-20-17-30(23-7-3-2-4-8-23)29-25(20)19-6-5-15-26-16-19/h2-17H,1H3,(H,27,31)(H,28,32)/b14-9+. The zero-order chi connectivity index (χ0) is 22.3. The molecule has 2 aromatic heterocycles. The zero-order valence-corrected chi connectivity index (χ0v) is 17.4. The number of rotatable bonds is 6. The van der Waals surface area contributed by atoms with Crippen LogP contribution in [0.3, 0.4) is 0 Å². The highest BCUT2D eigenvalue weighted by molar-refractivity contribution is 6.02. The molecule has 4 aromatic rings. The second kappa shape index (κ2) is 9.53. The molecule has 2 heterocycles. The highest BCUT2D eigenvalue weighted by Crippen LogP contribution is 2.24. The number of hydrogen-bond donors (Lipinski definition) is 2. The van der Waals surface area contributed by atoms with E-state index in [0.29, 0.717) is 11.4 Å². The topological polar surface area (TPSA) is 88.9 Å². The summed E-state index contributed by atoms with van der Waals surface area (Å²) in [5, 5.41) is 10.2. The monoisotopic (exact) mass is 423 g/mol. The fourth-order valence-electron chi connectivity index (χ4n) is 3.14. The van der Waals surface area contributed by atoms with E-state index in [1.807, 2.05) is 48.7 Å². The third-order valence-electron chi connectivity index (χ3n) is 4.59. The van der Waals surface area contributed by atoms with Gasteiger partial charge in [0.25, 0.3) is 0 Å². The van der Waals surface area contributed by atoms with Gasteiger partial charge < -0.3 is 10.6 Å². The number of nitrogens with zero attached hydrogens (tertiary/aromatic N) is 3. The lowest BCUT2D eigenvalue weighted by Crippen LogP contribution is -2.08. The molecule has 0 saturated carbocycles. The molecule has 2 amide bonds. The molecule has 0 aliphatic heterocycles. The third kappa shape index (κ3) is 5.14. The van der Waals surface area contributed by atoms with Crippen molar-refractivity contribution in [2.45, 2.75) is 6.92 Å². The highest BCUT2D eigenvalue weighted by atomic mass is 16.2. The first kappa shape index (κ1) is 20.7. The molecule has 0 bridgehead atoms. The lowest BCUT2D eigenvalue weighted by atomic mass is 10.1. The first-order valence-corrected chi connectivity index (χ1v) is 10.0. The lowest BCUT2D eigenvalue weighted by molar-refractivity contribution is -0.114. The summed E-state index contributed by atoms with van der Waals surface area (Å²) in [7, 11) is 0. The average Bonchev–Trinajstić information content (AvgIpc) is 3.24. The number of aromatic nitrogens is 3. The van der Waals surface area contributed by atoms with Gasteiger partial charge in [-0.1, -0.05) is 18.2 Å². The Labute approximate surface area is 185 Å². The van der Waals surface area contributed by atoms with E-state index in [1.54, 1.807) is 47.4 Å². The van der Waals surface area contributed by atoms with Gasteiger partial charge in [0.15, 0.2) is 0 Å². The van der Waals surface area contributed by atoms with Crippen molar-refractivity contribution < 1.29 is 9.59 Å². The number of hydrogen-bond acceptors (Lipinski definition) is 4. The largest absolute Gasteiger partial charge is 0.326 e. The quantitative estimate of drug-likeness (QED) is 0.446. The smallest absolute Gasteiger partial charge is 0.248 e. The van der Waals surface area contributed by atoms with E-state index in [-0.39, 0.29) is 11.8 Å². The Morgan fingerprint density at radius 3 is 2.28 bits per heavy atom. The van der Waals surface area contributed by atoms with Crippen molar-refractivity contribution in [2.24, 2.45) is 0 Å². The number of benzene rings is 2. The molecule has 4 rings (SSSR count). The lowest BCUT2D eigenvalue weighted by Gasteiger charge is -2.05. The number of pyridine rings is 1. The maximum Gasteiger partial charge on any atom is 0.248 e. The minimum Gasteiger partial charge on any atom is -0.326 e. The van der Waals surface area contributed by atoms with E-state index < -0.39 is 0 Å². The summed E-state index contributed by atoms with van der Waals surface area (Å²) >= 11 is 0. The normalized spacial score (nSPS) is 10.8. The van der Waals surface area contributed by atoms with Crippen molar-refractivity contribution in [1.29, 1.82) is 0 Å². The summed E-state index contributed by atoms with van der Waals surface area (Å²) in [5.41, 5.74) is 4.59. The predicted octanol–water partition coefficient (Wildman–Crippen LogP) is 4.54. The number of carbonyl (C=O) groups excluding carboxylic acids is 2. The Balaban J connectivity index is 1.55. The van der Waals surface area contributed by atoms with Gasteiger partial charge in [0.05, 0.1) is 5.69 Å². The fraction of sp³-hybridized carbons (Fsp3) is 0.0400. The van der Waals surface area contributed by atoms with Crippen LogP contribution in [-0.4, -0.2) is 26.6 Å². The van der Waals surface area contributed by atoms with Crippen LogP contribution in [0.25, 0.3) is 23.0 Å². The summed E-state index contributed by atoms with van der Waals surface area (Å²) in [6.07, 6.45) is 8.52. The molecule has 0 saturated heterocycles. The van der Waals surface area contributed by atoms with E-state index >= 15 is 0 Å². The van der Waals surface area contributed by atoms with E-state index in [0.717, 1.165) is 22.5 Å². The molecule has 7 heteroatoms. The Morgan fingerprint density at radius 2 is 1.62 bits per heavy atom. The van der Waals surface area contributed by atoms with Gasteiger partial charge in [-0.2, -0.15) is 5.10 Å². The summed E-state index contributed by atoms with van der Waals surface area (Å²) in [6.45, 7) is 1.44. The Kier molecular flexibility index (Phi) is 6.17. The molecular formula is C25H21N5O2. The minimum atomic E-state index is -0.276. The van der Waals surface area contributed by atoms with Gasteiger partial charge in [-0.15, -0.1) is 0 Å². The van der Waals surface area contributed by atoms with Crippen molar-refractivity contribution in [2.75, 3.05) is 10.6 Å². The summed E-state index contributed by atoms with van der Waals surface area (Å²) in [5.74, 6) is -0.424. The minimum absolute atomic E-state index is 0.148.